The lowest BCUT2D eigenvalue weighted by molar-refractivity contribution is 0.417. The van der Waals surface area contributed by atoms with Gasteiger partial charge in [0.1, 0.15) is 5.75 Å². The van der Waals surface area contributed by atoms with Gasteiger partial charge in [0.05, 0.1) is 12.8 Å². The zero-order chi connectivity index (χ0) is 12.3. The van der Waals surface area contributed by atoms with E-state index < -0.39 is 0 Å². The lowest BCUT2D eigenvalue weighted by Crippen LogP contribution is -1.96. The summed E-state index contributed by atoms with van der Waals surface area (Å²) in [4.78, 5) is 0. The van der Waals surface area contributed by atoms with E-state index in [0.717, 1.165) is 27.7 Å². The van der Waals surface area contributed by atoms with Crippen molar-refractivity contribution >= 4 is 23.0 Å². The largest absolute Gasteiger partial charge is 0.495 e. The molecule has 0 aliphatic heterocycles. The van der Waals surface area contributed by atoms with Gasteiger partial charge in [-0.15, -0.1) is 0 Å². The molecule has 17 heavy (non-hydrogen) atoms. The molecule has 3 heteroatoms. The topological polar surface area (TPSA) is 21.3 Å². The van der Waals surface area contributed by atoms with Crippen LogP contribution >= 0.6 is 11.6 Å². The van der Waals surface area contributed by atoms with E-state index in [2.05, 4.69) is 5.32 Å². The van der Waals surface area contributed by atoms with Crippen LogP contribution in [0.2, 0.25) is 5.02 Å². The van der Waals surface area contributed by atoms with Crippen LogP contribution in [-0.2, 0) is 0 Å². The van der Waals surface area contributed by atoms with Crippen molar-refractivity contribution in [1.29, 1.82) is 0 Å². The molecule has 0 spiro atoms. The predicted octanol–water partition coefficient (Wildman–Crippen LogP) is 4.40. The van der Waals surface area contributed by atoms with Crippen molar-refractivity contribution in [2.75, 3.05) is 12.4 Å². The Bertz CT molecular complexity index is 525. The van der Waals surface area contributed by atoms with Gasteiger partial charge in [0.15, 0.2) is 0 Å². The molecule has 0 radical (unpaired) electrons. The Hall–Kier alpha value is -1.67. The molecule has 0 saturated heterocycles. The first-order valence-electron chi connectivity index (χ1n) is 5.37. The second kappa shape index (κ2) is 5.11. The van der Waals surface area contributed by atoms with Crippen molar-refractivity contribution in [3.05, 3.63) is 53.1 Å². The van der Waals surface area contributed by atoms with Crippen LogP contribution in [0.3, 0.4) is 0 Å². The van der Waals surface area contributed by atoms with Gasteiger partial charge in [-0.1, -0.05) is 29.8 Å². The molecule has 0 aliphatic rings. The summed E-state index contributed by atoms with van der Waals surface area (Å²) >= 11 is 6.08. The van der Waals surface area contributed by atoms with Crippen LogP contribution in [0, 0.1) is 6.92 Å². The van der Waals surface area contributed by atoms with Crippen molar-refractivity contribution in [3.63, 3.8) is 0 Å². The molecule has 0 bridgehead atoms. The molecule has 2 nitrogen and oxygen atoms in total. The minimum Gasteiger partial charge on any atom is -0.495 e. The highest BCUT2D eigenvalue weighted by Gasteiger charge is 2.05. The molecule has 0 atom stereocenters. The van der Waals surface area contributed by atoms with E-state index in [1.165, 1.54) is 0 Å². The van der Waals surface area contributed by atoms with Crippen molar-refractivity contribution < 1.29 is 4.74 Å². The number of nitrogens with one attached hydrogen (secondary N) is 1. The van der Waals surface area contributed by atoms with Crippen molar-refractivity contribution in [3.8, 4) is 5.75 Å². The molecule has 2 rings (SSSR count). The lowest BCUT2D eigenvalue weighted by atomic mass is 10.2. The third-order valence-corrected chi connectivity index (χ3v) is 3.05. The second-order valence-electron chi connectivity index (χ2n) is 3.74. The highest BCUT2D eigenvalue weighted by atomic mass is 35.5. The van der Waals surface area contributed by atoms with Gasteiger partial charge >= 0.3 is 0 Å². The number of ether oxygens (including phenoxy) is 1. The van der Waals surface area contributed by atoms with Crippen LogP contribution in [0.5, 0.6) is 5.75 Å². The Morgan fingerprint density at radius 1 is 1.00 bits per heavy atom. The van der Waals surface area contributed by atoms with Gasteiger partial charge in [-0.2, -0.15) is 0 Å². The van der Waals surface area contributed by atoms with Gasteiger partial charge in [0.2, 0.25) is 0 Å². The highest BCUT2D eigenvalue weighted by Crippen LogP contribution is 2.30. The minimum atomic E-state index is 0.755. The molecule has 1 N–H and O–H groups in total. The summed E-state index contributed by atoms with van der Waals surface area (Å²) in [5.74, 6) is 0.812. The summed E-state index contributed by atoms with van der Waals surface area (Å²) in [6.45, 7) is 1.99. The Morgan fingerprint density at radius 3 is 2.47 bits per heavy atom. The lowest BCUT2D eigenvalue weighted by Gasteiger charge is -2.13. The molecule has 0 saturated carbocycles. The Balaban J connectivity index is 2.35. The molecule has 0 amide bonds. The van der Waals surface area contributed by atoms with E-state index in [4.69, 9.17) is 16.3 Å². The predicted molar refractivity (Wildman–Crippen MR) is 72.5 cm³/mol. The normalized spacial score (nSPS) is 10.1. The number of methoxy groups -OCH3 is 1. The van der Waals surface area contributed by atoms with E-state index in [1.807, 2.05) is 49.4 Å². The zero-order valence-electron chi connectivity index (χ0n) is 9.83. The monoisotopic (exact) mass is 247 g/mol. The summed E-state index contributed by atoms with van der Waals surface area (Å²) in [6, 6.07) is 13.6. The van der Waals surface area contributed by atoms with Gasteiger partial charge < -0.3 is 10.1 Å². The molecular weight excluding hydrogens is 234 g/mol. The molecule has 0 heterocycles. The summed E-state index contributed by atoms with van der Waals surface area (Å²) < 4.78 is 5.29. The third kappa shape index (κ3) is 2.53. The summed E-state index contributed by atoms with van der Waals surface area (Å²) in [5.41, 5.74) is 2.95. The number of anilines is 2. The standard InChI is InChI=1S/C14H14ClNO/c1-10-11(15)6-5-8-12(10)16-13-7-3-4-9-14(13)17-2/h3-9,16H,1-2H3. The Labute approximate surface area is 106 Å². The van der Waals surface area contributed by atoms with E-state index >= 15 is 0 Å². The number of para-hydroxylation sites is 2. The third-order valence-electron chi connectivity index (χ3n) is 2.64. The summed E-state index contributed by atoms with van der Waals surface area (Å²) in [7, 11) is 1.66. The molecule has 2 aromatic carbocycles. The maximum absolute atomic E-state index is 6.08. The maximum atomic E-state index is 6.08. The average molecular weight is 248 g/mol. The fourth-order valence-corrected chi connectivity index (χ4v) is 1.81. The van der Waals surface area contributed by atoms with Gasteiger partial charge in [-0.05, 0) is 36.8 Å². The number of halogens is 1. The zero-order valence-corrected chi connectivity index (χ0v) is 10.6. The van der Waals surface area contributed by atoms with E-state index in [0.29, 0.717) is 0 Å². The number of benzene rings is 2. The van der Waals surface area contributed by atoms with E-state index in [-0.39, 0.29) is 0 Å². The quantitative estimate of drug-likeness (QED) is 0.868. The van der Waals surface area contributed by atoms with Crippen LogP contribution in [0.1, 0.15) is 5.56 Å². The van der Waals surface area contributed by atoms with Gasteiger partial charge in [-0.25, -0.2) is 0 Å². The van der Waals surface area contributed by atoms with Gasteiger partial charge in [-0.3, -0.25) is 0 Å². The maximum Gasteiger partial charge on any atom is 0.142 e. The fourth-order valence-electron chi connectivity index (χ4n) is 1.64. The molecule has 0 fully saturated rings. The Kier molecular flexibility index (Phi) is 3.55. The van der Waals surface area contributed by atoms with Gasteiger partial charge in [0.25, 0.3) is 0 Å². The van der Waals surface area contributed by atoms with Crippen molar-refractivity contribution in [1.82, 2.24) is 0 Å². The van der Waals surface area contributed by atoms with Crippen LogP contribution in [0.4, 0.5) is 11.4 Å². The van der Waals surface area contributed by atoms with Gasteiger partial charge in [0, 0.05) is 10.7 Å². The average Bonchev–Trinajstić information content (AvgIpc) is 2.35. The SMILES string of the molecule is COc1ccccc1Nc1cccc(Cl)c1C. The highest BCUT2D eigenvalue weighted by molar-refractivity contribution is 6.31. The molecule has 0 aromatic heterocycles. The molecule has 0 unspecified atom stereocenters. The second-order valence-corrected chi connectivity index (χ2v) is 4.14. The number of hydrogen-bond acceptors (Lipinski definition) is 2. The van der Waals surface area contributed by atoms with Crippen LogP contribution in [-0.4, -0.2) is 7.11 Å². The van der Waals surface area contributed by atoms with Crippen LogP contribution in [0.25, 0.3) is 0 Å². The number of rotatable bonds is 3. The summed E-state index contributed by atoms with van der Waals surface area (Å²) in [5, 5.41) is 4.08. The van der Waals surface area contributed by atoms with Crippen molar-refractivity contribution in [2.45, 2.75) is 6.92 Å². The summed E-state index contributed by atoms with van der Waals surface area (Å²) in [6.07, 6.45) is 0. The molecule has 0 aliphatic carbocycles. The number of hydrogen-bond donors (Lipinski definition) is 1. The van der Waals surface area contributed by atoms with Crippen LogP contribution in [0.15, 0.2) is 42.5 Å². The molecular formula is C14H14ClNO. The smallest absolute Gasteiger partial charge is 0.142 e. The van der Waals surface area contributed by atoms with E-state index in [1.54, 1.807) is 7.11 Å². The van der Waals surface area contributed by atoms with Crippen LogP contribution < -0.4 is 10.1 Å². The first-order valence-corrected chi connectivity index (χ1v) is 5.75. The Morgan fingerprint density at radius 2 is 1.71 bits per heavy atom. The molecule has 88 valence electrons. The minimum absolute atomic E-state index is 0.755. The first kappa shape index (κ1) is 11.8. The fraction of sp³-hybridized carbons (Fsp3) is 0.143. The first-order chi connectivity index (χ1) is 8.22. The van der Waals surface area contributed by atoms with Crippen molar-refractivity contribution in [2.24, 2.45) is 0 Å². The van der Waals surface area contributed by atoms with E-state index in [9.17, 15) is 0 Å². The molecule has 2 aromatic rings.